The molecule has 0 spiro atoms. The van der Waals surface area contributed by atoms with Crippen LogP contribution in [0.1, 0.15) is 51.3 Å². The smallest absolute Gasteiger partial charge is 0.133 e. The molecule has 0 amide bonds. The summed E-state index contributed by atoms with van der Waals surface area (Å²) < 4.78 is 5.98. The van der Waals surface area contributed by atoms with Gasteiger partial charge in [-0.05, 0) is 48.9 Å². The number of hydrogen-bond acceptors (Lipinski definition) is 3. The highest BCUT2D eigenvalue weighted by molar-refractivity contribution is 8.03. The maximum atomic E-state index is 8.70. The standard InChI is InChI=1S/C18H27NOS/c1-7-20-17-15(9-14(3)11-21-12-19)8-13(2)10-16(17)18(4,5)6/h8,10,14H,7,9,11H2,1-6H3. The number of aryl methyl sites for hydroxylation is 1. The number of hydrogen-bond donors (Lipinski definition) is 0. The summed E-state index contributed by atoms with van der Waals surface area (Å²) in [6, 6.07) is 4.47. The van der Waals surface area contributed by atoms with Crippen molar-refractivity contribution in [3.05, 3.63) is 28.8 Å². The van der Waals surface area contributed by atoms with Crippen LogP contribution >= 0.6 is 11.8 Å². The van der Waals surface area contributed by atoms with Crippen molar-refractivity contribution in [1.82, 2.24) is 0 Å². The van der Waals surface area contributed by atoms with Crippen molar-refractivity contribution in [2.24, 2.45) is 5.92 Å². The van der Waals surface area contributed by atoms with Gasteiger partial charge in [0.15, 0.2) is 0 Å². The Bertz CT molecular complexity index is 511. The van der Waals surface area contributed by atoms with Crippen molar-refractivity contribution in [3.8, 4) is 11.2 Å². The second-order valence-electron chi connectivity index (χ2n) is 6.70. The van der Waals surface area contributed by atoms with E-state index in [-0.39, 0.29) is 5.41 Å². The van der Waals surface area contributed by atoms with Crippen molar-refractivity contribution in [3.63, 3.8) is 0 Å². The van der Waals surface area contributed by atoms with Crippen LogP contribution < -0.4 is 4.74 Å². The van der Waals surface area contributed by atoms with Crippen LogP contribution in [0.4, 0.5) is 0 Å². The fraction of sp³-hybridized carbons (Fsp3) is 0.611. The Morgan fingerprint density at radius 3 is 2.52 bits per heavy atom. The van der Waals surface area contributed by atoms with Gasteiger partial charge in [-0.15, -0.1) is 0 Å². The molecule has 0 aromatic heterocycles. The lowest BCUT2D eigenvalue weighted by Crippen LogP contribution is -2.16. The van der Waals surface area contributed by atoms with Crippen molar-refractivity contribution < 1.29 is 4.74 Å². The van der Waals surface area contributed by atoms with Gasteiger partial charge in [0.1, 0.15) is 11.2 Å². The maximum absolute atomic E-state index is 8.70. The van der Waals surface area contributed by atoms with Gasteiger partial charge in [0.2, 0.25) is 0 Å². The lowest BCUT2D eigenvalue weighted by molar-refractivity contribution is 0.324. The number of benzene rings is 1. The van der Waals surface area contributed by atoms with Gasteiger partial charge in [-0.1, -0.05) is 45.4 Å². The predicted molar refractivity (Wildman–Crippen MR) is 92.0 cm³/mol. The molecule has 2 nitrogen and oxygen atoms in total. The Kier molecular flexibility index (Phi) is 6.61. The molecule has 0 radical (unpaired) electrons. The highest BCUT2D eigenvalue weighted by atomic mass is 32.2. The topological polar surface area (TPSA) is 33.0 Å². The number of nitriles is 1. The molecule has 1 rings (SSSR count). The molecule has 0 aliphatic rings. The van der Waals surface area contributed by atoms with Crippen LogP contribution in [-0.2, 0) is 11.8 Å². The van der Waals surface area contributed by atoms with Gasteiger partial charge in [0, 0.05) is 11.3 Å². The molecule has 0 fully saturated rings. The fourth-order valence-electron chi connectivity index (χ4n) is 2.49. The van der Waals surface area contributed by atoms with Gasteiger partial charge < -0.3 is 4.74 Å². The summed E-state index contributed by atoms with van der Waals surface area (Å²) in [6.45, 7) is 13.7. The summed E-state index contributed by atoms with van der Waals surface area (Å²) in [7, 11) is 0. The average molecular weight is 305 g/mol. The normalized spacial score (nSPS) is 12.8. The van der Waals surface area contributed by atoms with Gasteiger partial charge >= 0.3 is 0 Å². The van der Waals surface area contributed by atoms with Crippen LogP contribution in [0.2, 0.25) is 0 Å². The van der Waals surface area contributed by atoms with E-state index in [9.17, 15) is 0 Å². The number of thioether (sulfide) groups is 1. The molecule has 0 saturated carbocycles. The van der Waals surface area contributed by atoms with Crippen LogP contribution in [0.15, 0.2) is 12.1 Å². The Morgan fingerprint density at radius 2 is 2.00 bits per heavy atom. The highest BCUT2D eigenvalue weighted by Gasteiger charge is 2.22. The molecule has 21 heavy (non-hydrogen) atoms. The summed E-state index contributed by atoms with van der Waals surface area (Å²) in [5.74, 6) is 2.37. The number of rotatable bonds is 6. The summed E-state index contributed by atoms with van der Waals surface area (Å²) in [5.41, 5.74) is 3.89. The lowest BCUT2D eigenvalue weighted by atomic mass is 9.83. The Balaban J connectivity index is 3.17. The van der Waals surface area contributed by atoms with Crippen LogP contribution in [-0.4, -0.2) is 12.4 Å². The second kappa shape index (κ2) is 7.75. The van der Waals surface area contributed by atoms with E-state index >= 15 is 0 Å². The van der Waals surface area contributed by atoms with E-state index in [1.165, 1.54) is 28.5 Å². The van der Waals surface area contributed by atoms with Crippen LogP contribution in [0.25, 0.3) is 0 Å². The van der Waals surface area contributed by atoms with Gasteiger partial charge in [-0.25, -0.2) is 0 Å². The summed E-state index contributed by atoms with van der Waals surface area (Å²) >= 11 is 1.33. The Hall–Kier alpha value is -1.14. The minimum Gasteiger partial charge on any atom is -0.493 e. The fourth-order valence-corrected chi connectivity index (χ4v) is 2.96. The summed E-state index contributed by atoms with van der Waals surface area (Å²) in [5, 5.41) is 10.9. The molecule has 0 N–H and O–H groups in total. The van der Waals surface area contributed by atoms with Crippen LogP contribution in [0.3, 0.4) is 0 Å². The van der Waals surface area contributed by atoms with E-state index in [1.54, 1.807) is 0 Å². The molecule has 1 aromatic rings. The summed E-state index contributed by atoms with van der Waals surface area (Å²) in [6.07, 6.45) is 0.953. The molecule has 0 aliphatic carbocycles. The number of nitrogens with zero attached hydrogens (tertiary/aromatic N) is 1. The summed E-state index contributed by atoms with van der Waals surface area (Å²) in [4.78, 5) is 0. The monoisotopic (exact) mass is 305 g/mol. The Morgan fingerprint density at radius 1 is 1.33 bits per heavy atom. The molecule has 0 heterocycles. The van der Waals surface area contributed by atoms with Gasteiger partial charge in [-0.3, -0.25) is 0 Å². The van der Waals surface area contributed by atoms with E-state index in [0.717, 1.165) is 17.9 Å². The van der Waals surface area contributed by atoms with Crippen molar-refractivity contribution in [2.45, 2.75) is 53.4 Å². The third-order valence-electron chi connectivity index (χ3n) is 3.41. The zero-order valence-corrected chi connectivity index (χ0v) is 14.9. The van der Waals surface area contributed by atoms with Crippen LogP contribution in [0.5, 0.6) is 5.75 Å². The van der Waals surface area contributed by atoms with E-state index in [1.807, 2.05) is 6.92 Å². The molecule has 1 unspecified atom stereocenters. The van der Waals surface area contributed by atoms with Crippen molar-refractivity contribution in [2.75, 3.05) is 12.4 Å². The molecule has 1 aromatic carbocycles. The van der Waals surface area contributed by atoms with Gasteiger partial charge in [0.25, 0.3) is 0 Å². The average Bonchev–Trinajstić information content (AvgIpc) is 2.38. The van der Waals surface area contributed by atoms with Crippen molar-refractivity contribution in [1.29, 1.82) is 5.26 Å². The van der Waals surface area contributed by atoms with E-state index < -0.39 is 0 Å². The SMILES string of the molecule is CCOc1c(CC(C)CSC#N)cc(C)cc1C(C)(C)C. The van der Waals surface area contributed by atoms with Crippen molar-refractivity contribution >= 4 is 11.8 Å². The quantitative estimate of drug-likeness (QED) is 0.687. The molecule has 0 bridgehead atoms. The molecule has 0 aliphatic heterocycles. The molecule has 116 valence electrons. The second-order valence-corrected chi connectivity index (χ2v) is 7.50. The first-order chi connectivity index (χ1) is 9.79. The number of thiocyanates is 1. The van der Waals surface area contributed by atoms with Crippen LogP contribution in [0, 0.1) is 23.5 Å². The maximum Gasteiger partial charge on any atom is 0.133 e. The minimum atomic E-state index is 0.0654. The molecule has 0 saturated heterocycles. The predicted octanol–water partition coefficient (Wildman–Crippen LogP) is 5.08. The molecule has 1 atom stereocenters. The highest BCUT2D eigenvalue weighted by Crippen LogP contribution is 2.36. The minimum absolute atomic E-state index is 0.0654. The third kappa shape index (κ3) is 5.28. The van der Waals surface area contributed by atoms with E-state index in [0.29, 0.717) is 12.5 Å². The van der Waals surface area contributed by atoms with Gasteiger partial charge in [-0.2, -0.15) is 5.26 Å². The largest absolute Gasteiger partial charge is 0.493 e. The molecular formula is C18H27NOS. The Labute approximate surface area is 133 Å². The first-order valence-electron chi connectivity index (χ1n) is 7.57. The van der Waals surface area contributed by atoms with Gasteiger partial charge in [0.05, 0.1) is 6.61 Å². The first-order valence-corrected chi connectivity index (χ1v) is 8.55. The lowest BCUT2D eigenvalue weighted by Gasteiger charge is -2.26. The molecular weight excluding hydrogens is 278 g/mol. The third-order valence-corrected chi connectivity index (χ3v) is 4.27. The first kappa shape index (κ1) is 17.9. The zero-order valence-electron chi connectivity index (χ0n) is 14.1. The number of ether oxygens (including phenoxy) is 1. The molecule has 3 heteroatoms. The van der Waals surface area contributed by atoms with E-state index in [4.69, 9.17) is 10.00 Å². The zero-order chi connectivity index (χ0) is 16.0. The van der Waals surface area contributed by atoms with E-state index in [2.05, 4.69) is 52.2 Å².